The lowest BCUT2D eigenvalue weighted by molar-refractivity contribution is -0.124. The summed E-state index contributed by atoms with van der Waals surface area (Å²) in [6.45, 7) is 4.39. The van der Waals surface area contributed by atoms with Crippen molar-refractivity contribution in [1.82, 2.24) is 20.4 Å². The standard InChI is InChI=1S/C21H28N4O4S/c1-13-9-19(29-25-13)18-11-22-14(2)24-20(18)16-5-3-15(4-6-16)10-23-21(26)17-7-8-30(27,28)12-17/h9,11,15-17H,3-8,10,12H2,1-2H3,(H,23,26). The van der Waals surface area contributed by atoms with Gasteiger partial charge < -0.3 is 9.84 Å². The van der Waals surface area contributed by atoms with E-state index in [1.54, 1.807) is 0 Å². The van der Waals surface area contributed by atoms with E-state index in [0.717, 1.165) is 48.5 Å². The molecular formula is C21H28N4O4S. The van der Waals surface area contributed by atoms with Crippen molar-refractivity contribution in [3.63, 3.8) is 0 Å². The molecule has 1 aliphatic carbocycles. The normalized spacial score (nSPS) is 25.9. The van der Waals surface area contributed by atoms with E-state index in [2.05, 4.69) is 15.5 Å². The molecule has 1 atom stereocenters. The summed E-state index contributed by atoms with van der Waals surface area (Å²) in [4.78, 5) is 21.4. The minimum atomic E-state index is -3.04. The predicted molar refractivity (Wildman–Crippen MR) is 111 cm³/mol. The summed E-state index contributed by atoms with van der Waals surface area (Å²) in [5.41, 5.74) is 2.74. The fourth-order valence-electron chi connectivity index (χ4n) is 4.51. The lowest BCUT2D eigenvalue weighted by atomic mass is 9.79. The Labute approximate surface area is 176 Å². The number of sulfone groups is 1. The Morgan fingerprint density at radius 3 is 2.60 bits per heavy atom. The van der Waals surface area contributed by atoms with Crippen LogP contribution in [-0.2, 0) is 14.6 Å². The van der Waals surface area contributed by atoms with Gasteiger partial charge in [0.05, 0.1) is 34.4 Å². The Morgan fingerprint density at radius 2 is 1.97 bits per heavy atom. The van der Waals surface area contributed by atoms with Crippen LogP contribution in [0.25, 0.3) is 11.3 Å². The Kier molecular flexibility index (Phi) is 5.90. The summed E-state index contributed by atoms with van der Waals surface area (Å²) < 4.78 is 28.6. The summed E-state index contributed by atoms with van der Waals surface area (Å²) in [5, 5.41) is 6.97. The van der Waals surface area contributed by atoms with Crippen LogP contribution < -0.4 is 5.32 Å². The van der Waals surface area contributed by atoms with Gasteiger partial charge in [-0.1, -0.05) is 5.16 Å². The number of nitrogens with one attached hydrogen (secondary N) is 1. The van der Waals surface area contributed by atoms with E-state index in [4.69, 9.17) is 9.51 Å². The molecule has 2 aromatic rings. The molecule has 2 fully saturated rings. The molecule has 4 rings (SSSR count). The third-order valence-corrected chi connectivity index (χ3v) is 8.00. The molecule has 8 nitrogen and oxygen atoms in total. The summed E-state index contributed by atoms with van der Waals surface area (Å²) in [5.74, 6) is 1.77. The number of carbonyl (C=O) groups is 1. The van der Waals surface area contributed by atoms with E-state index < -0.39 is 9.84 Å². The smallest absolute Gasteiger partial charge is 0.224 e. The molecule has 1 unspecified atom stereocenters. The molecule has 3 heterocycles. The first-order valence-corrected chi connectivity index (χ1v) is 12.4. The average molecular weight is 433 g/mol. The van der Waals surface area contributed by atoms with E-state index in [1.807, 2.05) is 26.1 Å². The zero-order valence-electron chi connectivity index (χ0n) is 17.4. The van der Waals surface area contributed by atoms with E-state index in [9.17, 15) is 13.2 Å². The van der Waals surface area contributed by atoms with Crippen molar-refractivity contribution in [1.29, 1.82) is 0 Å². The van der Waals surface area contributed by atoms with Gasteiger partial charge >= 0.3 is 0 Å². The van der Waals surface area contributed by atoms with Crippen molar-refractivity contribution in [2.24, 2.45) is 11.8 Å². The quantitative estimate of drug-likeness (QED) is 0.772. The Balaban J connectivity index is 1.35. The summed E-state index contributed by atoms with van der Waals surface area (Å²) in [6, 6.07) is 1.90. The Morgan fingerprint density at radius 1 is 1.20 bits per heavy atom. The minimum absolute atomic E-state index is 0.0114. The van der Waals surface area contributed by atoms with Gasteiger partial charge in [0, 0.05) is 24.7 Å². The number of hydrogen-bond acceptors (Lipinski definition) is 7. The van der Waals surface area contributed by atoms with Crippen LogP contribution in [0.4, 0.5) is 0 Å². The van der Waals surface area contributed by atoms with Crippen LogP contribution in [0.1, 0.15) is 55.2 Å². The highest BCUT2D eigenvalue weighted by Crippen LogP contribution is 2.39. The molecule has 0 aromatic carbocycles. The number of carbonyl (C=O) groups excluding carboxylic acids is 1. The zero-order valence-corrected chi connectivity index (χ0v) is 18.2. The van der Waals surface area contributed by atoms with Crippen molar-refractivity contribution >= 4 is 15.7 Å². The second kappa shape index (κ2) is 8.45. The first-order chi connectivity index (χ1) is 14.3. The molecule has 1 N–H and O–H groups in total. The van der Waals surface area contributed by atoms with Gasteiger partial charge in [0.2, 0.25) is 5.91 Å². The van der Waals surface area contributed by atoms with Gasteiger partial charge in [-0.15, -0.1) is 0 Å². The van der Waals surface area contributed by atoms with E-state index in [1.165, 1.54) is 0 Å². The molecule has 1 saturated carbocycles. The van der Waals surface area contributed by atoms with Crippen LogP contribution >= 0.6 is 0 Å². The van der Waals surface area contributed by atoms with Crippen LogP contribution in [0, 0.1) is 25.7 Å². The molecule has 1 aliphatic heterocycles. The Bertz CT molecular complexity index is 1030. The molecule has 2 aromatic heterocycles. The zero-order chi connectivity index (χ0) is 21.3. The number of nitrogens with zero attached hydrogens (tertiary/aromatic N) is 3. The average Bonchev–Trinajstić information content (AvgIpc) is 3.31. The highest BCUT2D eigenvalue weighted by Gasteiger charge is 2.33. The lowest BCUT2D eigenvalue weighted by Gasteiger charge is -2.29. The van der Waals surface area contributed by atoms with Gasteiger partial charge in [-0.05, 0) is 51.9 Å². The molecule has 30 heavy (non-hydrogen) atoms. The fraction of sp³-hybridized carbons (Fsp3) is 0.619. The second-order valence-corrected chi connectivity index (χ2v) is 10.8. The maximum atomic E-state index is 12.3. The second-order valence-electron chi connectivity index (χ2n) is 8.61. The van der Waals surface area contributed by atoms with E-state index in [0.29, 0.717) is 30.6 Å². The van der Waals surface area contributed by atoms with Crippen LogP contribution in [0.3, 0.4) is 0 Å². The van der Waals surface area contributed by atoms with Gasteiger partial charge in [0.25, 0.3) is 0 Å². The van der Waals surface area contributed by atoms with Crippen molar-refractivity contribution in [2.75, 3.05) is 18.1 Å². The van der Waals surface area contributed by atoms with Gasteiger partial charge in [-0.2, -0.15) is 0 Å². The van der Waals surface area contributed by atoms with Gasteiger partial charge in [0.15, 0.2) is 15.6 Å². The van der Waals surface area contributed by atoms with Crippen LogP contribution in [-0.4, -0.2) is 47.5 Å². The molecule has 0 bridgehead atoms. The number of aryl methyl sites for hydroxylation is 2. The molecule has 1 amide bonds. The van der Waals surface area contributed by atoms with Crippen LogP contribution in [0.5, 0.6) is 0 Å². The summed E-state index contributed by atoms with van der Waals surface area (Å²) >= 11 is 0. The molecule has 0 spiro atoms. The third-order valence-electron chi connectivity index (χ3n) is 6.23. The molecule has 1 saturated heterocycles. The minimum Gasteiger partial charge on any atom is -0.356 e. The van der Waals surface area contributed by atoms with Crippen molar-refractivity contribution in [3.8, 4) is 11.3 Å². The number of hydrogen-bond donors (Lipinski definition) is 1. The number of aromatic nitrogens is 3. The first kappa shape index (κ1) is 21.0. The highest BCUT2D eigenvalue weighted by molar-refractivity contribution is 7.91. The maximum absolute atomic E-state index is 12.3. The summed E-state index contributed by atoms with van der Waals surface area (Å²) in [6.07, 6.45) is 6.21. The van der Waals surface area contributed by atoms with Crippen LogP contribution in [0.2, 0.25) is 0 Å². The molecule has 0 radical (unpaired) electrons. The van der Waals surface area contributed by atoms with Gasteiger partial charge in [0.1, 0.15) is 5.82 Å². The van der Waals surface area contributed by atoms with Crippen molar-refractivity contribution < 1.29 is 17.7 Å². The third kappa shape index (κ3) is 4.71. The SMILES string of the molecule is Cc1cc(-c2cnc(C)nc2C2CCC(CNC(=O)C3CCS(=O)(=O)C3)CC2)on1. The van der Waals surface area contributed by atoms with Gasteiger partial charge in [-0.25, -0.2) is 18.4 Å². The lowest BCUT2D eigenvalue weighted by Crippen LogP contribution is -2.36. The molecule has 2 aliphatic rings. The van der Waals surface area contributed by atoms with E-state index >= 15 is 0 Å². The van der Waals surface area contributed by atoms with Gasteiger partial charge in [-0.3, -0.25) is 4.79 Å². The fourth-order valence-corrected chi connectivity index (χ4v) is 6.25. The van der Waals surface area contributed by atoms with Crippen molar-refractivity contribution in [2.45, 2.75) is 51.9 Å². The largest absolute Gasteiger partial charge is 0.356 e. The molecular weight excluding hydrogens is 404 g/mol. The number of amides is 1. The molecule has 9 heteroatoms. The maximum Gasteiger partial charge on any atom is 0.224 e. The van der Waals surface area contributed by atoms with Crippen molar-refractivity contribution in [3.05, 3.63) is 29.5 Å². The van der Waals surface area contributed by atoms with E-state index in [-0.39, 0.29) is 23.3 Å². The Hall–Kier alpha value is -2.29. The topological polar surface area (TPSA) is 115 Å². The first-order valence-electron chi connectivity index (χ1n) is 10.6. The van der Waals surface area contributed by atoms with Crippen LogP contribution in [0.15, 0.2) is 16.8 Å². The highest BCUT2D eigenvalue weighted by atomic mass is 32.2. The monoisotopic (exact) mass is 432 g/mol. The predicted octanol–water partition coefficient (Wildman–Crippen LogP) is 2.57. The number of rotatable bonds is 5. The summed E-state index contributed by atoms with van der Waals surface area (Å²) in [7, 11) is -3.04. The molecule has 162 valence electrons.